The zero-order valence-corrected chi connectivity index (χ0v) is 18.8. The lowest BCUT2D eigenvalue weighted by molar-refractivity contribution is 0.310. The van der Waals surface area contributed by atoms with Crippen LogP contribution in [0.4, 0.5) is 5.82 Å². The summed E-state index contributed by atoms with van der Waals surface area (Å²) in [7, 11) is 3.86. The summed E-state index contributed by atoms with van der Waals surface area (Å²) in [5.74, 6) is 1.94. The molecular weight excluding hydrogens is 412 g/mol. The number of rotatable bonds is 4. The molecule has 2 saturated heterocycles. The summed E-state index contributed by atoms with van der Waals surface area (Å²) in [6, 6.07) is 10.3. The highest BCUT2D eigenvalue weighted by molar-refractivity contribution is 6.30. The molecule has 2 atom stereocenters. The molecule has 1 N–H and O–H groups in total. The minimum Gasteiger partial charge on any atom is -0.495 e. The molecule has 0 saturated carbocycles. The van der Waals surface area contributed by atoms with Crippen LogP contribution in [0.5, 0.6) is 5.75 Å². The first-order valence-corrected chi connectivity index (χ1v) is 11.4. The molecule has 2 unspecified atom stereocenters. The van der Waals surface area contributed by atoms with Crippen LogP contribution < -0.4 is 15.0 Å². The zero-order chi connectivity index (χ0) is 21.4. The van der Waals surface area contributed by atoms with Crippen LogP contribution in [-0.2, 0) is 0 Å². The maximum absolute atomic E-state index is 6.98. The predicted molar refractivity (Wildman–Crippen MR) is 123 cm³/mol. The van der Waals surface area contributed by atoms with Crippen LogP contribution in [0.25, 0.3) is 5.65 Å². The minimum atomic E-state index is 0.0817. The standard InChI is InChI=1S/C23H29ClN6O/c1-28-12-14-29(15-13-28)20-10-4-9-19-27-22(23(24)30(19)20)17-7-3-6-16(26-17)21-18(31-2)8-5-11-25-21/h4-5,8-11,16-17,26H,3,6-7,12-15H2,1-2H3. The number of fused-ring (bicyclic) bond motifs is 1. The van der Waals surface area contributed by atoms with E-state index in [4.69, 9.17) is 21.3 Å². The molecule has 3 aromatic rings. The second-order valence-electron chi connectivity index (χ2n) is 8.45. The molecule has 0 radical (unpaired) electrons. The summed E-state index contributed by atoms with van der Waals surface area (Å²) in [4.78, 5) is 14.3. The first-order chi connectivity index (χ1) is 15.2. The van der Waals surface area contributed by atoms with Gasteiger partial charge in [0.05, 0.1) is 30.6 Å². The van der Waals surface area contributed by atoms with Crippen molar-refractivity contribution in [3.8, 4) is 5.75 Å². The SMILES string of the molecule is COc1cccnc1C1CCCC(c2nc3cccc(N4CCN(C)CC4)n3c2Cl)N1. The summed E-state index contributed by atoms with van der Waals surface area (Å²) >= 11 is 6.98. The monoisotopic (exact) mass is 440 g/mol. The summed E-state index contributed by atoms with van der Waals surface area (Å²) in [5.41, 5.74) is 2.77. The van der Waals surface area contributed by atoms with Crippen LogP contribution in [0.2, 0.25) is 5.15 Å². The summed E-state index contributed by atoms with van der Waals surface area (Å²) < 4.78 is 7.65. The number of nitrogens with one attached hydrogen (secondary N) is 1. The first-order valence-electron chi connectivity index (χ1n) is 11.0. The van der Waals surface area contributed by atoms with Gasteiger partial charge in [-0.2, -0.15) is 0 Å². The number of methoxy groups -OCH3 is 1. The van der Waals surface area contributed by atoms with Crippen LogP contribution in [0.1, 0.15) is 42.7 Å². The fraction of sp³-hybridized carbons (Fsp3) is 0.478. The minimum absolute atomic E-state index is 0.0817. The Bertz CT molecular complexity index is 1060. The van der Waals surface area contributed by atoms with E-state index in [2.05, 4.69) is 43.7 Å². The average molecular weight is 441 g/mol. The molecule has 5 heterocycles. The van der Waals surface area contributed by atoms with Gasteiger partial charge >= 0.3 is 0 Å². The lowest BCUT2D eigenvalue weighted by Crippen LogP contribution is -2.45. The van der Waals surface area contributed by atoms with Crippen LogP contribution in [-0.4, -0.2) is 59.6 Å². The molecule has 8 heteroatoms. The first kappa shape index (κ1) is 20.5. The van der Waals surface area contributed by atoms with E-state index in [0.29, 0.717) is 5.15 Å². The third-order valence-corrected chi connectivity index (χ3v) is 6.85. The highest BCUT2D eigenvalue weighted by Gasteiger charge is 2.30. The number of halogens is 1. The Morgan fingerprint density at radius 2 is 1.81 bits per heavy atom. The smallest absolute Gasteiger partial charge is 0.141 e. The third kappa shape index (κ3) is 3.86. The molecule has 5 rings (SSSR count). The maximum atomic E-state index is 6.98. The number of piperazine rings is 1. The van der Waals surface area contributed by atoms with Crippen molar-refractivity contribution in [3.63, 3.8) is 0 Å². The van der Waals surface area contributed by atoms with E-state index in [1.165, 1.54) is 0 Å². The molecule has 7 nitrogen and oxygen atoms in total. The lowest BCUT2D eigenvalue weighted by Gasteiger charge is -2.34. The number of nitrogens with zero attached hydrogens (tertiary/aromatic N) is 5. The van der Waals surface area contributed by atoms with E-state index in [9.17, 15) is 0 Å². The molecule has 0 aromatic carbocycles. The van der Waals surface area contributed by atoms with Crippen molar-refractivity contribution in [3.05, 3.63) is 53.1 Å². The largest absolute Gasteiger partial charge is 0.495 e. The number of imidazole rings is 1. The number of hydrogen-bond acceptors (Lipinski definition) is 6. The Hall–Kier alpha value is -2.35. The molecule has 164 valence electrons. The quantitative estimate of drug-likeness (QED) is 0.667. The number of hydrogen-bond donors (Lipinski definition) is 1. The normalized spacial score (nSPS) is 22.7. The van der Waals surface area contributed by atoms with E-state index in [1.807, 2.05) is 24.4 Å². The van der Waals surface area contributed by atoms with Crippen molar-refractivity contribution in [1.29, 1.82) is 0 Å². The molecule has 2 aliphatic heterocycles. The Balaban J connectivity index is 1.46. The van der Waals surface area contributed by atoms with Gasteiger partial charge in [0.1, 0.15) is 22.4 Å². The Morgan fingerprint density at radius 1 is 1.03 bits per heavy atom. The van der Waals surface area contributed by atoms with Crippen LogP contribution >= 0.6 is 11.6 Å². The molecule has 2 fully saturated rings. The molecule has 31 heavy (non-hydrogen) atoms. The van der Waals surface area contributed by atoms with Gasteiger partial charge in [-0.25, -0.2) is 4.98 Å². The lowest BCUT2D eigenvalue weighted by atomic mass is 9.94. The van der Waals surface area contributed by atoms with Gasteiger partial charge in [-0.15, -0.1) is 0 Å². The van der Waals surface area contributed by atoms with Crippen molar-refractivity contribution in [2.24, 2.45) is 0 Å². The van der Waals surface area contributed by atoms with E-state index in [0.717, 1.165) is 74.0 Å². The molecule has 3 aromatic heterocycles. The van der Waals surface area contributed by atoms with Gasteiger partial charge in [0.15, 0.2) is 0 Å². The van der Waals surface area contributed by atoms with Gasteiger partial charge in [0, 0.05) is 32.4 Å². The summed E-state index contributed by atoms with van der Waals surface area (Å²) in [5, 5.41) is 4.45. The van der Waals surface area contributed by atoms with Gasteiger partial charge in [0.25, 0.3) is 0 Å². The molecule has 2 aliphatic rings. The van der Waals surface area contributed by atoms with Crippen molar-refractivity contribution in [2.75, 3.05) is 45.2 Å². The van der Waals surface area contributed by atoms with Crippen molar-refractivity contribution < 1.29 is 4.74 Å². The second-order valence-corrected chi connectivity index (χ2v) is 8.81. The van der Waals surface area contributed by atoms with E-state index >= 15 is 0 Å². The van der Waals surface area contributed by atoms with Crippen LogP contribution in [0.3, 0.4) is 0 Å². The Morgan fingerprint density at radius 3 is 2.58 bits per heavy atom. The third-order valence-electron chi connectivity index (χ3n) is 6.49. The number of ether oxygens (including phenoxy) is 1. The van der Waals surface area contributed by atoms with Crippen LogP contribution in [0, 0.1) is 0 Å². The van der Waals surface area contributed by atoms with Crippen molar-refractivity contribution >= 4 is 23.1 Å². The second kappa shape index (κ2) is 8.65. The molecule has 0 spiro atoms. The molecule has 0 aliphatic carbocycles. The van der Waals surface area contributed by atoms with Gasteiger partial charge in [-0.1, -0.05) is 17.7 Å². The summed E-state index contributed by atoms with van der Waals surface area (Å²) in [6.45, 7) is 4.08. The van der Waals surface area contributed by atoms with Gasteiger partial charge < -0.3 is 19.9 Å². The van der Waals surface area contributed by atoms with Crippen molar-refractivity contribution in [2.45, 2.75) is 31.3 Å². The average Bonchev–Trinajstić information content (AvgIpc) is 3.16. The fourth-order valence-corrected chi connectivity index (χ4v) is 5.11. The molecular formula is C23H29ClN6O. The zero-order valence-electron chi connectivity index (χ0n) is 18.1. The number of pyridine rings is 2. The van der Waals surface area contributed by atoms with Gasteiger partial charge in [-0.3, -0.25) is 9.38 Å². The molecule has 0 bridgehead atoms. The predicted octanol–water partition coefficient (Wildman–Crippen LogP) is 3.70. The topological polar surface area (TPSA) is 57.9 Å². The number of piperidine rings is 1. The summed E-state index contributed by atoms with van der Waals surface area (Å²) in [6.07, 6.45) is 4.92. The Kier molecular flexibility index (Phi) is 5.73. The van der Waals surface area contributed by atoms with Crippen LogP contribution in [0.15, 0.2) is 36.5 Å². The number of aromatic nitrogens is 3. The highest BCUT2D eigenvalue weighted by Crippen LogP contribution is 2.38. The maximum Gasteiger partial charge on any atom is 0.141 e. The number of likely N-dealkylation sites (N-methyl/N-ethyl adjacent to an activating group) is 1. The molecule has 0 amide bonds. The van der Waals surface area contributed by atoms with Crippen molar-refractivity contribution in [1.82, 2.24) is 24.6 Å². The van der Waals surface area contributed by atoms with E-state index in [-0.39, 0.29) is 12.1 Å². The van der Waals surface area contributed by atoms with Gasteiger partial charge in [-0.05, 0) is 50.6 Å². The number of anilines is 1. The Labute approximate surface area is 188 Å². The highest BCUT2D eigenvalue weighted by atomic mass is 35.5. The van der Waals surface area contributed by atoms with E-state index in [1.54, 1.807) is 7.11 Å². The fourth-order valence-electron chi connectivity index (χ4n) is 4.77. The van der Waals surface area contributed by atoms with E-state index < -0.39 is 0 Å². The van der Waals surface area contributed by atoms with Gasteiger partial charge in [0.2, 0.25) is 0 Å².